The number of carbonyl (C=O) groups is 1. The summed E-state index contributed by atoms with van der Waals surface area (Å²) in [6, 6.07) is 11.3. The van der Waals surface area contributed by atoms with Crippen molar-refractivity contribution in [3.63, 3.8) is 0 Å². The largest absolute Gasteiger partial charge is 0.495 e. The maximum Gasteiger partial charge on any atom is 0.256 e. The van der Waals surface area contributed by atoms with Gasteiger partial charge in [-0.15, -0.1) is 0 Å². The molecule has 1 fully saturated rings. The summed E-state index contributed by atoms with van der Waals surface area (Å²) in [4.78, 5) is 12.8. The Morgan fingerprint density at radius 1 is 1.33 bits per heavy atom. The average Bonchev–Trinajstić information content (AvgIpc) is 3.12. The molecule has 0 spiro atoms. The Labute approximate surface area is 147 Å². The van der Waals surface area contributed by atoms with Crippen LogP contribution in [0, 0.1) is 6.92 Å². The third kappa shape index (κ3) is 3.40. The summed E-state index contributed by atoms with van der Waals surface area (Å²) in [5, 5.41) is 6.93. The van der Waals surface area contributed by atoms with E-state index in [0.29, 0.717) is 27.9 Å². The number of rotatable bonds is 4. The van der Waals surface area contributed by atoms with Gasteiger partial charge in [-0.2, -0.15) is 0 Å². The monoisotopic (exact) mass is 344 g/mol. The maximum absolute atomic E-state index is 12.8. The van der Waals surface area contributed by atoms with Crippen molar-refractivity contribution in [1.29, 1.82) is 0 Å². The molecule has 0 saturated carbocycles. The number of nitrogens with one attached hydrogen (secondary N) is 2. The molecule has 4 nitrogen and oxygen atoms in total. The number of aryl methyl sites for hydroxylation is 1. The molecular weight excluding hydrogens is 324 g/mol. The Bertz CT molecular complexity index is 755. The molecule has 0 bridgehead atoms. The van der Waals surface area contributed by atoms with E-state index in [1.807, 2.05) is 37.3 Å². The van der Waals surface area contributed by atoms with E-state index in [0.717, 1.165) is 30.6 Å². The minimum Gasteiger partial charge on any atom is -0.495 e. The zero-order valence-corrected chi connectivity index (χ0v) is 14.6. The third-order valence-electron chi connectivity index (χ3n) is 4.43. The van der Waals surface area contributed by atoms with Crippen LogP contribution in [-0.2, 0) is 0 Å². The second kappa shape index (κ2) is 7.24. The number of halogens is 1. The molecule has 1 atom stereocenters. The van der Waals surface area contributed by atoms with E-state index in [4.69, 9.17) is 16.3 Å². The number of benzene rings is 2. The number of methoxy groups -OCH3 is 1. The Kier molecular flexibility index (Phi) is 5.07. The number of amides is 1. The Balaban J connectivity index is 1.90. The summed E-state index contributed by atoms with van der Waals surface area (Å²) in [5.41, 5.74) is 3.32. The molecule has 2 N–H and O–H groups in total. The number of ether oxygens (including phenoxy) is 1. The van der Waals surface area contributed by atoms with E-state index >= 15 is 0 Å². The van der Waals surface area contributed by atoms with Gasteiger partial charge in [0.05, 0.1) is 12.8 Å². The SMILES string of the molecule is COc1cc(Cl)c(C)cc1NC(=O)c1ccccc1C1CCNC1. The molecule has 126 valence electrons. The highest BCUT2D eigenvalue weighted by atomic mass is 35.5. The van der Waals surface area contributed by atoms with Crippen LogP contribution in [0.1, 0.15) is 33.8 Å². The second-order valence-corrected chi connectivity index (χ2v) is 6.44. The summed E-state index contributed by atoms with van der Waals surface area (Å²) in [5.74, 6) is 0.803. The van der Waals surface area contributed by atoms with Crippen molar-refractivity contribution in [3.8, 4) is 5.75 Å². The van der Waals surface area contributed by atoms with Crippen LogP contribution in [0.3, 0.4) is 0 Å². The first-order chi connectivity index (χ1) is 11.6. The highest BCUT2D eigenvalue weighted by molar-refractivity contribution is 6.31. The summed E-state index contributed by atoms with van der Waals surface area (Å²) in [7, 11) is 1.56. The number of hydrogen-bond acceptors (Lipinski definition) is 3. The maximum atomic E-state index is 12.8. The topological polar surface area (TPSA) is 50.4 Å². The van der Waals surface area contributed by atoms with Crippen LogP contribution >= 0.6 is 11.6 Å². The van der Waals surface area contributed by atoms with Gasteiger partial charge in [0.25, 0.3) is 5.91 Å². The van der Waals surface area contributed by atoms with Gasteiger partial charge in [0.15, 0.2) is 0 Å². The van der Waals surface area contributed by atoms with Crippen molar-refractivity contribution in [3.05, 3.63) is 58.1 Å². The third-order valence-corrected chi connectivity index (χ3v) is 4.84. The molecule has 1 aliphatic rings. The smallest absolute Gasteiger partial charge is 0.256 e. The van der Waals surface area contributed by atoms with Crippen molar-refractivity contribution in [2.45, 2.75) is 19.3 Å². The zero-order valence-electron chi connectivity index (χ0n) is 13.9. The Hall–Kier alpha value is -2.04. The molecule has 1 unspecified atom stereocenters. The van der Waals surface area contributed by atoms with Crippen LogP contribution in [0.15, 0.2) is 36.4 Å². The highest BCUT2D eigenvalue weighted by Gasteiger charge is 2.22. The lowest BCUT2D eigenvalue weighted by molar-refractivity contribution is 0.102. The fourth-order valence-corrected chi connectivity index (χ4v) is 3.25. The lowest BCUT2D eigenvalue weighted by Crippen LogP contribution is -2.17. The molecule has 0 aromatic heterocycles. The molecule has 2 aromatic carbocycles. The predicted octanol–water partition coefficient (Wildman–Crippen LogP) is 3.99. The van der Waals surface area contributed by atoms with Gasteiger partial charge in [0.2, 0.25) is 0 Å². The summed E-state index contributed by atoms with van der Waals surface area (Å²) in [6.07, 6.45) is 1.05. The minimum atomic E-state index is -0.127. The van der Waals surface area contributed by atoms with E-state index in [9.17, 15) is 4.79 Å². The number of carbonyl (C=O) groups excluding carboxylic acids is 1. The Morgan fingerprint density at radius 2 is 2.12 bits per heavy atom. The van der Waals surface area contributed by atoms with Crippen molar-refractivity contribution in [1.82, 2.24) is 5.32 Å². The minimum absolute atomic E-state index is 0.127. The standard InChI is InChI=1S/C19H21ClN2O2/c1-12-9-17(18(24-2)10-16(12)20)22-19(23)15-6-4-3-5-14(15)13-7-8-21-11-13/h3-6,9-10,13,21H,7-8,11H2,1-2H3,(H,22,23). The molecule has 3 rings (SSSR count). The van der Waals surface area contributed by atoms with Crippen molar-refractivity contribution < 1.29 is 9.53 Å². The van der Waals surface area contributed by atoms with E-state index in [-0.39, 0.29) is 5.91 Å². The lowest BCUT2D eigenvalue weighted by Gasteiger charge is -2.16. The predicted molar refractivity (Wildman–Crippen MR) is 97.4 cm³/mol. The summed E-state index contributed by atoms with van der Waals surface area (Å²) in [6.45, 7) is 3.80. The molecule has 0 aliphatic carbocycles. The fraction of sp³-hybridized carbons (Fsp3) is 0.316. The molecule has 1 aliphatic heterocycles. The van der Waals surface area contributed by atoms with Gasteiger partial charge in [-0.25, -0.2) is 0 Å². The first-order valence-corrected chi connectivity index (χ1v) is 8.43. The molecule has 2 aromatic rings. The van der Waals surface area contributed by atoms with Crippen LogP contribution in [0.4, 0.5) is 5.69 Å². The lowest BCUT2D eigenvalue weighted by atomic mass is 9.93. The molecule has 1 saturated heterocycles. The van der Waals surface area contributed by atoms with Crippen molar-refractivity contribution in [2.24, 2.45) is 0 Å². The van der Waals surface area contributed by atoms with Gasteiger partial charge < -0.3 is 15.4 Å². The van der Waals surface area contributed by atoms with Crippen LogP contribution < -0.4 is 15.4 Å². The molecule has 1 heterocycles. The van der Waals surface area contributed by atoms with Crippen LogP contribution in [-0.4, -0.2) is 26.1 Å². The second-order valence-electron chi connectivity index (χ2n) is 6.03. The molecule has 0 radical (unpaired) electrons. The number of anilines is 1. The van der Waals surface area contributed by atoms with E-state index in [1.165, 1.54) is 0 Å². The van der Waals surface area contributed by atoms with Gasteiger partial charge in [-0.05, 0) is 49.1 Å². The first-order valence-electron chi connectivity index (χ1n) is 8.05. The molecule has 24 heavy (non-hydrogen) atoms. The van der Waals surface area contributed by atoms with Gasteiger partial charge in [0.1, 0.15) is 5.75 Å². The molecule has 5 heteroatoms. The van der Waals surface area contributed by atoms with Gasteiger partial charge in [0, 0.05) is 23.2 Å². The summed E-state index contributed by atoms with van der Waals surface area (Å²) >= 11 is 6.13. The Morgan fingerprint density at radius 3 is 2.83 bits per heavy atom. The van der Waals surface area contributed by atoms with Gasteiger partial charge in [-0.1, -0.05) is 29.8 Å². The fourth-order valence-electron chi connectivity index (χ4n) is 3.10. The van der Waals surface area contributed by atoms with Gasteiger partial charge in [-0.3, -0.25) is 4.79 Å². The quantitative estimate of drug-likeness (QED) is 0.881. The van der Waals surface area contributed by atoms with Gasteiger partial charge >= 0.3 is 0 Å². The average molecular weight is 345 g/mol. The van der Waals surface area contributed by atoms with Crippen LogP contribution in [0.2, 0.25) is 5.02 Å². The highest BCUT2D eigenvalue weighted by Crippen LogP contribution is 2.32. The van der Waals surface area contributed by atoms with Crippen molar-refractivity contribution in [2.75, 3.05) is 25.5 Å². The van der Waals surface area contributed by atoms with E-state index in [1.54, 1.807) is 13.2 Å². The first kappa shape index (κ1) is 16.8. The van der Waals surface area contributed by atoms with Crippen LogP contribution in [0.25, 0.3) is 0 Å². The van der Waals surface area contributed by atoms with E-state index < -0.39 is 0 Å². The molecular formula is C19H21ClN2O2. The molecule has 1 amide bonds. The van der Waals surface area contributed by atoms with Crippen molar-refractivity contribution >= 4 is 23.2 Å². The zero-order chi connectivity index (χ0) is 17.1. The normalized spacial score (nSPS) is 16.9. The van der Waals surface area contributed by atoms with E-state index in [2.05, 4.69) is 10.6 Å². The van der Waals surface area contributed by atoms with Crippen LogP contribution in [0.5, 0.6) is 5.75 Å². The number of hydrogen-bond donors (Lipinski definition) is 2. The summed E-state index contributed by atoms with van der Waals surface area (Å²) < 4.78 is 5.34.